The van der Waals surface area contributed by atoms with Crippen molar-refractivity contribution >= 4 is 5.91 Å². The van der Waals surface area contributed by atoms with Gasteiger partial charge in [-0.05, 0) is 43.9 Å². The number of nitrogens with zero attached hydrogens (tertiary/aromatic N) is 2. The number of hydrogen-bond donors (Lipinski definition) is 2. The summed E-state index contributed by atoms with van der Waals surface area (Å²) in [7, 11) is 0. The zero-order valence-corrected chi connectivity index (χ0v) is 14.4. The van der Waals surface area contributed by atoms with Gasteiger partial charge in [0.15, 0.2) is 0 Å². The van der Waals surface area contributed by atoms with E-state index in [9.17, 15) is 4.79 Å². The highest BCUT2D eigenvalue weighted by Crippen LogP contribution is 2.17. The third-order valence-electron chi connectivity index (χ3n) is 4.25. The van der Waals surface area contributed by atoms with Crippen LogP contribution in [0.15, 0.2) is 30.7 Å². The van der Waals surface area contributed by atoms with Crippen LogP contribution in [0, 0.1) is 6.92 Å². The van der Waals surface area contributed by atoms with Crippen LogP contribution in [0.5, 0.6) is 5.75 Å². The predicted octanol–water partition coefficient (Wildman–Crippen LogP) is 1.79. The molecule has 0 aromatic carbocycles. The number of pyridine rings is 1. The molecule has 1 aliphatic heterocycles. The van der Waals surface area contributed by atoms with E-state index in [4.69, 9.17) is 9.47 Å². The number of amides is 1. The van der Waals surface area contributed by atoms with Crippen molar-refractivity contribution in [1.82, 2.24) is 20.5 Å². The normalized spacial score (nSPS) is 20.2. The van der Waals surface area contributed by atoms with Crippen LogP contribution in [0.25, 0.3) is 0 Å². The Morgan fingerprint density at radius 3 is 3.12 bits per heavy atom. The molecule has 2 aromatic rings. The van der Waals surface area contributed by atoms with Crippen molar-refractivity contribution in [2.75, 3.05) is 13.2 Å². The maximum Gasteiger partial charge on any atom is 0.220 e. The molecule has 0 aliphatic carbocycles. The lowest BCUT2D eigenvalue weighted by Gasteiger charge is -2.32. The molecule has 25 heavy (non-hydrogen) atoms. The molecule has 0 radical (unpaired) electrons. The molecule has 7 nitrogen and oxygen atoms in total. The van der Waals surface area contributed by atoms with Crippen molar-refractivity contribution in [2.45, 2.75) is 44.8 Å². The van der Waals surface area contributed by atoms with Gasteiger partial charge in [-0.3, -0.25) is 14.9 Å². The summed E-state index contributed by atoms with van der Waals surface area (Å²) in [6, 6.07) is 3.75. The number of rotatable bonds is 7. The Hall–Kier alpha value is -2.41. The molecule has 2 N–H and O–H groups in total. The first-order chi connectivity index (χ1) is 12.2. The van der Waals surface area contributed by atoms with Gasteiger partial charge in [-0.15, -0.1) is 0 Å². The first-order valence-corrected chi connectivity index (χ1v) is 8.65. The Balaban J connectivity index is 1.48. The van der Waals surface area contributed by atoms with Crippen LogP contribution in [0.2, 0.25) is 0 Å². The SMILES string of the molecule is Cc1ccc(O[C@H]2COCC[C@H]2NC(=O)CCCc2cn[nH]c2)cn1. The van der Waals surface area contributed by atoms with E-state index in [2.05, 4.69) is 20.5 Å². The van der Waals surface area contributed by atoms with E-state index < -0.39 is 0 Å². The van der Waals surface area contributed by atoms with Crippen LogP contribution >= 0.6 is 0 Å². The molecule has 1 aliphatic rings. The minimum Gasteiger partial charge on any atom is -0.484 e. The summed E-state index contributed by atoms with van der Waals surface area (Å²) < 4.78 is 11.5. The number of aromatic amines is 1. The molecule has 0 unspecified atom stereocenters. The number of carbonyl (C=O) groups excluding carboxylic acids is 1. The van der Waals surface area contributed by atoms with Crippen molar-refractivity contribution in [3.8, 4) is 5.75 Å². The maximum absolute atomic E-state index is 12.2. The molecule has 0 spiro atoms. The molecule has 2 atom stereocenters. The van der Waals surface area contributed by atoms with Crippen molar-refractivity contribution < 1.29 is 14.3 Å². The fraction of sp³-hybridized carbons (Fsp3) is 0.500. The van der Waals surface area contributed by atoms with Crippen LogP contribution in [-0.2, 0) is 16.0 Å². The Labute approximate surface area is 147 Å². The number of H-pyrrole nitrogens is 1. The maximum atomic E-state index is 12.2. The fourth-order valence-electron chi connectivity index (χ4n) is 2.84. The van der Waals surface area contributed by atoms with Crippen LogP contribution in [0.1, 0.15) is 30.5 Å². The zero-order valence-electron chi connectivity index (χ0n) is 14.4. The lowest BCUT2D eigenvalue weighted by molar-refractivity contribution is -0.124. The quantitative estimate of drug-likeness (QED) is 0.799. The van der Waals surface area contributed by atoms with Gasteiger partial charge in [-0.25, -0.2) is 0 Å². The summed E-state index contributed by atoms with van der Waals surface area (Å²) in [5.74, 6) is 0.742. The first-order valence-electron chi connectivity index (χ1n) is 8.65. The number of ether oxygens (including phenoxy) is 2. The smallest absolute Gasteiger partial charge is 0.220 e. The monoisotopic (exact) mass is 344 g/mol. The Morgan fingerprint density at radius 2 is 2.36 bits per heavy atom. The summed E-state index contributed by atoms with van der Waals surface area (Å²) in [5.41, 5.74) is 2.06. The van der Waals surface area contributed by atoms with E-state index in [1.807, 2.05) is 25.3 Å². The van der Waals surface area contributed by atoms with E-state index in [-0.39, 0.29) is 18.1 Å². The molecule has 1 amide bonds. The van der Waals surface area contributed by atoms with Gasteiger partial charge >= 0.3 is 0 Å². The number of aryl methyl sites for hydroxylation is 2. The number of aromatic nitrogens is 3. The van der Waals surface area contributed by atoms with Gasteiger partial charge in [0.1, 0.15) is 11.9 Å². The van der Waals surface area contributed by atoms with Gasteiger partial charge in [-0.2, -0.15) is 5.10 Å². The lowest BCUT2D eigenvalue weighted by atomic mass is 10.1. The van der Waals surface area contributed by atoms with Crippen molar-refractivity contribution in [3.63, 3.8) is 0 Å². The third kappa shape index (κ3) is 5.29. The molecule has 134 valence electrons. The Kier molecular flexibility index (Phi) is 6.00. The lowest BCUT2D eigenvalue weighted by Crippen LogP contribution is -2.51. The molecule has 7 heteroatoms. The Bertz CT molecular complexity index is 657. The van der Waals surface area contributed by atoms with E-state index >= 15 is 0 Å². The zero-order chi connectivity index (χ0) is 17.5. The topological polar surface area (TPSA) is 89.1 Å². The molecule has 2 aromatic heterocycles. The Morgan fingerprint density at radius 1 is 1.44 bits per heavy atom. The molecule has 3 rings (SSSR count). The highest BCUT2D eigenvalue weighted by atomic mass is 16.5. The van der Waals surface area contributed by atoms with Gasteiger partial charge < -0.3 is 14.8 Å². The van der Waals surface area contributed by atoms with Crippen molar-refractivity contribution in [2.24, 2.45) is 0 Å². The molecule has 1 fully saturated rings. The highest BCUT2D eigenvalue weighted by molar-refractivity contribution is 5.76. The number of carbonyl (C=O) groups is 1. The standard InChI is InChI=1S/C18H24N4O3/c1-13-5-6-15(11-19-13)25-17-12-24-8-7-16(17)22-18(23)4-2-3-14-9-20-21-10-14/h5-6,9-11,16-17H,2-4,7-8,12H2,1H3,(H,20,21)(H,22,23)/t16-,17+/m1/s1. The average molecular weight is 344 g/mol. The molecule has 0 bridgehead atoms. The van der Waals surface area contributed by atoms with Gasteiger partial charge in [0.2, 0.25) is 5.91 Å². The number of nitrogens with one attached hydrogen (secondary N) is 2. The summed E-state index contributed by atoms with van der Waals surface area (Å²) in [4.78, 5) is 16.5. The van der Waals surface area contributed by atoms with Crippen LogP contribution in [-0.4, -0.2) is 46.4 Å². The van der Waals surface area contributed by atoms with Crippen LogP contribution in [0.3, 0.4) is 0 Å². The van der Waals surface area contributed by atoms with Crippen molar-refractivity contribution in [1.29, 1.82) is 0 Å². The minimum atomic E-state index is -0.198. The second kappa shape index (κ2) is 8.62. The average Bonchev–Trinajstić information content (AvgIpc) is 3.12. The summed E-state index contributed by atoms with van der Waals surface area (Å²) in [6.45, 7) is 3.03. The highest BCUT2D eigenvalue weighted by Gasteiger charge is 2.28. The van der Waals surface area contributed by atoms with Crippen LogP contribution < -0.4 is 10.1 Å². The second-order valence-corrected chi connectivity index (χ2v) is 6.29. The van der Waals surface area contributed by atoms with E-state index in [0.717, 1.165) is 30.5 Å². The van der Waals surface area contributed by atoms with Crippen LogP contribution in [0.4, 0.5) is 0 Å². The third-order valence-corrected chi connectivity index (χ3v) is 4.25. The molecule has 3 heterocycles. The number of hydrogen-bond acceptors (Lipinski definition) is 5. The van der Waals surface area contributed by atoms with E-state index in [1.165, 1.54) is 0 Å². The molecular formula is C18H24N4O3. The molecular weight excluding hydrogens is 320 g/mol. The minimum absolute atomic E-state index is 0.0449. The summed E-state index contributed by atoms with van der Waals surface area (Å²) in [6.07, 6.45) is 8.02. The second-order valence-electron chi connectivity index (χ2n) is 6.29. The predicted molar refractivity (Wildman–Crippen MR) is 92.3 cm³/mol. The summed E-state index contributed by atoms with van der Waals surface area (Å²) >= 11 is 0. The largest absolute Gasteiger partial charge is 0.484 e. The van der Waals surface area contributed by atoms with Gasteiger partial charge in [-0.1, -0.05) is 0 Å². The molecule has 0 saturated carbocycles. The van der Waals surface area contributed by atoms with Crippen molar-refractivity contribution in [3.05, 3.63) is 42.0 Å². The van der Waals surface area contributed by atoms with E-state index in [0.29, 0.717) is 25.4 Å². The van der Waals surface area contributed by atoms with Gasteiger partial charge in [0.05, 0.1) is 25.0 Å². The fourth-order valence-corrected chi connectivity index (χ4v) is 2.84. The molecule has 1 saturated heterocycles. The summed E-state index contributed by atoms with van der Waals surface area (Å²) in [5, 5.41) is 9.78. The first kappa shape index (κ1) is 17.4. The van der Waals surface area contributed by atoms with E-state index in [1.54, 1.807) is 12.4 Å². The van der Waals surface area contributed by atoms with Gasteiger partial charge in [0, 0.05) is 24.9 Å². The van der Waals surface area contributed by atoms with Gasteiger partial charge in [0.25, 0.3) is 0 Å².